The van der Waals surface area contributed by atoms with Crippen molar-refractivity contribution in [2.24, 2.45) is 0 Å². The highest BCUT2D eigenvalue weighted by Crippen LogP contribution is 2.36. The highest BCUT2D eigenvalue weighted by Gasteiger charge is 2.32. The minimum atomic E-state index is -0.577. The monoisotopic (exact) mass is 471 g/mol. The Balaban J connectivity index is 1.30. The molecule has 0 saturated carbocycles. The number of hydrogen-bond donors (Lipinski definition) is 3. The summed E-state index contributed by atoms with van der Waals surface area (Å²) in [7, 11) is 0. The predicted octanol–water partition coefficient (Wildman–Crippen LogP) is 2.17. The van der Waals surface area contributed by atoms with Crippen LogP contribution in [0.5, 0.6) is 17.2 Å². The Morgan fingerprint density at radius 2 is 1.97 bits per heavy atom. The van der Waals surface area contributed by atoms with Crippen molar-refractivity contribution in [2.45, 2.75) is 6.42 Å². The molecule has 0 unspecified atom stereocenters. The molecule has 0 aromatic heterocycles. The van der Waals surface area contributed by atoms with Crippen LogP contribution in [0, 0.1) is 0 Å². The van der Waals surface area contributed by atoms with E-state index in [4.69, 9.17) is 21.7 Å². The van der Waals surface area contributed by atoms with Crippen LogP contribution in [0.1, 0.15) is 22.3 Å². The first-order chi connectivity index (χ1) is 15.4. The van der Waals surface area contributed by atoms with E-state index in [1.807, 2.05) is 6.07 Å². The fourth-order valence-electron chi connectivity index (χ4n) is 2.97. The van der Waals surface area contributed by atoms with Gasteiger partial charge >= 0.3 is 0 Å². The Morgan fingerprint density at radius 1 is 1.16 bits per heavy atom. The van der Waals surface area contributed by atoms with Crippen molar-refractivity contribution in [2.75, 3.05) is 13.3 Å². The minimum Gasteiger partial charge on any atom is -0.508 e. The summed E-state index contributed by atoms with van der Waals surface area (Å²) < 4.78 is 11.0. The molecule has 4 rings (SSSR count). The molecule has 0 bridgehead atoms. The molecule has 3 N–H and O–H groups in total. The smallest absolute Gasteiger partial charge is 0.269 e. The molecule has 2 aromatic rings. The van der Waals surface area contributed by atoms with E-state index in [0.29, 0.717) is 20.7 Å². The molecule has 0 spiro atoms. The lowest BCUT2D eigenvalue weighted by Gasteiger charge is -2.14. The average Bonchev–Trinajstić information content (AvgIpc) is 3.34. The van der Waals surface area contributed by atoms with Crippen LogP contribution in [0.4, 0.5) is 0 Å². The third-order valence-corrected chi connectivity index (χ3v) is 5.93. The summed E-state index contributed by atoms with van der Waals surface area (Å²) in [5, 5.41) is 9.41. The average molecular weight is 472 g/mol. The van der Waals surface area contributed by atoms with Gasteiger partial charge in [0.15, 0.2) is 11.5 Å². The summed E-state index contributed by atoms with van der Waals surface area (Å²) in [5.74, 6) is -0.171. The normalized spacial score (nSPS) is 15.9. The van der Waals surface area contributed by atoms with Gasteiger partial charge in [0.1, 0.15) is 10.1 Å². The number of nitrogens with one attached hydrogen (secondary N) is 2. The van der Waals surface area contributed by atoms with E-state index in [1.54, 1.807) is 18.2 Å². The number of nitrogens with zero attached hydrogens (tertiary/aromatic N) is 1. The molecule has 1 saturated heterocycles. The van der Waals surface area contributed by atoms with E-state index in [2.05, 4.69) is 10.9 Å². The Labute approximate surface area is 192 Å². The van der Waals surface area contributed by atoms with Crippen LogP contribution in [0.25, 0.3) is 6.08 Å². The van der Waals surface area contributed by atoms with E-state index >= 15 is 0 Å². The molecule has 0 atom stereocenters. The minimum absolute atomic E-state index is 0.0628. The Kier molecular flexibility index (Phi) is 6.28. The van der Waals surface area contributed by atoms with Gasteiger partial charge in [-0.3, -0.25) is 30.1 Å². The van der Waals surface area contributed by atoms with Gasteiger partial charge in [0, 0.05) is 18.5 Å². The van der Waals surface area contributed by atoms with Crippen molar-refractivity contribution in [3.63, 3.8) is 0 Å². The van der Waals surface area contributed by atoms with Gasteiger partial charge in [-0.1, -0.05) is 36.1 Å². The largest absolute Gasteiger partial charge is 0.508 e. The fourth-order valence-corrected chi connectivity index (χ4v) is 4.28. The van der Waals surface area contributed by atoms with Crippen molar-refractivity contribution in [3.8, 4) is 17.2 Å². The van der Waals surface area contributed by atoms with Gasteiger partial charge < -0.3 is 14.6 Å². The van der Waals surface area contributed by atoms with Crippen molar-refractivity contribution in [3.05, 3.63) is 58.5 Å². The number of carbonyl (C=O) groups is 3. The summed E-state index contributed by atoms with van der Waals surface area (Å²) >= 11 is 6.43. The lowest BCUT2D eigenvalue weighted by atomic mass is 10.2. The molecule has 2 heterocycles. The van der Waals surface area contributed by atoms with Crippen molar-refractivity contribution in [1.29, 1.82) is 0 Å². The number of amides is 3. The maximum Gasteiger partial charge on any atom is 0.269 e. The zero-order chi connectivity index (χ0) is 22.7. The van der Waals surface area contributed by atoms with Gasteiger partial charge in [-0.15, -0.1) is 0 Å². The van der Waals surface area contributed by atoms with Crippen molar-refractivity contribution < 1.29 is 29.0 Å². The lowest BCUT2D eigenvalue weighted by Crippen LogP contribution is -2.43. The fraction of sp³-hybridized carbons (Fsp3) is 0.143. The van der Waals surface area contributed by atoms with Gasteiger partial charge in [0.25, 0.3) is 11.8 Å². The van der Waals surface area contributed by atoms with Crippen LogP contribution >= 0.6 is 24.0 Å². The summed E-state index contributed by atoms with van der Waals surface area (Å²) in [6.45, 7) is 0.230. The van der Waals surface area contributed by atoms with Crippen LogP contribution in [0.15, 0.2) is 47.4 Å². The van der Waals surface area contributed by atoms with Gasteiger partial charge in [0.2, 0.25) is 12.7 Å². The summed E-state index contributed by atoms with van der Waals surface area (Å²) in [6, 6.07) is 11.1. The molecular weight excluding hydrogens is 454 g/mol. The SMILES string of the molecule is O=C(CCN1C(=O)C(=Cc2ccc3c(c2)OCO3)SC1=S)NNC(=O)c1cccc(O)c1. The molecule has 0 aliphatic carbocycles. The molecule has 164 valence electrons. The van der Waals surface area contributed by atoms with E-state index in [1.165, 1.54) is 29.2 Å². The number of carbonyl (C=O) groups excluding carboxylic acids is 3. The first-order valence-electron chi connectivity index (χ1n) is 9.44. The van der Waals surface area contributed by atoms with Crippen molar-refractivity contribution in [1.82, 2.24) is 15.8 Å². The quantitative estimate of drug-likeness (QED) is 0.345. The number of fused-ring (bicyclic) bond motifs is 1. The first kappa shape index (κ1) is 21.7. The van der Waals surface area contributed by atoms with Crippen molar-refractivity contribution >= 4 is 52.1 Å². The number of phenols is 1. The Bertz CT molecular complexity index is 1150. The van der Waals surface area contributed by atoms with Crippen LogP contribution in [0.3, 0.4) is 0 Å². The summed E-state index contributed by atoms with van der Waals surface area (Å²) in [6.07, 6.45) is 1.64. The van der Waals surface area contributed by atoms with E-state index in [0.717, 1.165) is 17.3 Å². The number of thiocarbonyl (C=S) groups is 1. The van der Waals surface area contributed by atoms with E-state index < -0.39 is 11.8 Å². The lowest BCUT2D eigenvalue weighted by molar-refractivity contribution is -0.124. The second kappa shape index (κ2) is 9.28. The zero-order valence-electron chi connectivity index (χ0n) is 16.5. The van der Waals surface area contributed by atoms with Gasteiger partial charge in [0.05, 0.1) is 4.91 Å². The van der Waals surface area contributed by atoms with E-state index in [-0.39, 0.29) is 37.0 Å². The molecule has 2 aromatic carbocycles. The molecule has 9 nitrogen and oxygen atoms in total. The highest BCUT2D eigenvalue weighted by atomic mass is 32.2. The molecule has 0 radical (unpaired) electrons. The predicted molar refractivity (Wildman–Crippen MR) is 121 cm³/mol. The Hall–Kier alpha value is -3.57. The number of rotatable bonds is 5. The van der Waals surface area contributed by atoms with Gasteiger partial charge in [-0.05, 0) is 42.0 Å². The number of phenolic OH excluding ortho intramolecular Hbond substituents is 1. The van der Waals surface area contributed by atoms with Crippen LogP contribution in [-0.4, -0.2) is 45.4 Å². The number of hydrogen-bond acceptors (Lipinski definition) is 8. The number of ether oxygens (including phenoxy) is 2. The summed E-state index contributed by atoms with van der Waals surface area (Å²) in [4.78, 5) is 38.6. The zero-order valence-corrected chi connectivity index (χ0v) is 18.1. The molecule has 2 aliphatic rings. The molecule has 32 heavy (non-hydrogen) atoms. The van der Waals surface area contributed by atoms with Gasteiger partial charge in [-0.25, -0.2) is 0 Å². The second-order valence-corrected chi connectivity index (χ2v) is 8.42. The molecule has 1 fully saturated rings. The maximum atomic E-state index is 12.7. The van der Waals surface area contributed by atoms with Crippen LogP contribution < -0.4 is 20.3 Å². The number of benzene rings is 2. The molecule has 11 heteroatoms. The number of hydrazine groups is 1. The third kappa shape index (κ3) is 4.84. The first-order valence-corrected chi connectivity index (χ1v) is 10.7. The molecule has 2 aliphatic heterocycles. The number of thioether (sulfide) groups is 1. The number of aromatic hydroxyl groups is 1. The molecule has 3 amide bonds. The topological polar surface area (TPSA) is 117 Å². The second-order valence-electron chi connectivity index (χ2n) is 6.75. The Morgan fingerprint density at radius 3 is 2.78 bits per heavy atom. The van der Waals surface area contributed by atoms with Crippen LogP contribution in [0.2, 0.25) is 0 Å². The highest BCUT2D eigenvalue weighted by molar-refractivity contribution is 8.26. The van der Waals surface area contributed by atoms with Gasteiger partial charge in [-0.2, -0.15) is 0 Å². The third-order valence-electron chi connectivity index (χ3n) is 4.55. The summed E-state index contributed by atoms with van der Waals surface area (Å²) in [5.41, 5.74) is 5.50. The maximum absolute atomic E-state index is 12.7. The standard InChI is InChI=1S/C21H17N3O6S2/c25-14-3-1-2-13(10-14)19(27)23-22-18(26)6-7-24-20(28)17(32-21(24)31)9-12-4-5-15-16(8-12)30-11-29-15/h1-5,8-10,25H,6-7,11H2,(H,22,26)(H,23,27). The molecular formula is C21H17N3O6S2. The van der Waals surface area contributed by atoms with Crippen LogP contribution in [-0.2, 0) is 9.59 Å². The van der Waals surface area contributed by atoms with E-state index in [9.17, 15) is 19.5 Å².